The maximum atomic E-state index is 12.6. The molecule has 0 bridgehead atoms. The number of carbonyl (C=O) groups is 2. The fourth-order valence-electron chi connectivity index (χ4n) is 3.25. The number of nitrogens with one attached hydrogen (secondary N) is 3. The number of hydrogen-bond donors (Lipinski definition) is 3. The molecule has 1 aliphatic rings. The topological polar surface area (TPSA) is 85.8 Å². The summed E-state index contributed by atoms with van der Waals surface area (Å²) in [5.74, 6) is 0.804. The van der Waals surface area contributed by atoms with E-state index in [1.165, 1.54) is 0 Å². The molecule has 8 heteroatoms. The lowest BCUT2D eigenvalue weighted by Gasteiger charge is -2.32. The molecule has 0 aromatic rings. The Bertz CT molecular complexity index is 500. The third kappa shape index (κ3) is 6.59. The summed E-state index contributed by atoms with van der Waals surface area (Å²) >= 11 is 0. The van der Waals surface area contributed by atoms with Gasteiger partial charge in [0.25, 0.3) is 0 Å². The van der Waals surface area contributed by atoms with Crippen molar-refractivity contribution < 1.29 is 9.59 Å². The van der Waals surface area contributed by atoms with Crippen LogP contribution in [-0.2, 0) is 9.59 Å². The van der Waals surface area contributed by atoms with Gasteiger partial charge in [0.05, 0.1) is 10.8 Å². The number of guanidine groups is 1. The Labute approximate surface area is 175 Å². The van der Waals surface area contributed by atoms with E-state index in [4.69, 9.17) is 0 Å². The van der Waals surface area contributed by atoms with E-state index in [0.717, 1.165) is 25.7 Å². The highest BCUT2D eigenvalue weighted by atomic mass is 127. The van der Waals surface area contributed by atoms with Crippen molar-refractivity contribution in [1.82, 2.24) is 20.9 Å². The average molecular weight is 481 g/mol. The summed E-state index contributed by atoms with van der Waals surface area (Å²) in [5.41, 5.74) is -0.894. The zero-order valence-corrected chi connectivity index (χ0v) is 19.4. The van der Waals surface area contributed by atoms with E-state index in [-0.39, 0.29) is 41.2 Å². The van der Waals surface area contributed by atoms with Crippen molar-refractivity contribution >= 4 is 41.8 Å². The Hall–Kier alpha value is -1.06. The molecule has 0 aromatic carbocycles. The van der Waals surface area contributed by atoms with Crippen LogP contribution in [0, 0.1) is 10.8 Å². The Kier molecular flexibility index (Phi) is 10.5. The number of aliphatic imine (C=N–C) groups is 1. The minimum atomic E-state index is -0.544. The lowest BCUT2D eigenvalue weighted by molar-refractivity contribution is -0.138. The fourth-order valence-corrected chi connectivity index (χ4v) is 3.25. The fraction of sp³-hybridized carbons (Fsp3) is 0.833. The van der Waals surface area contributed by atoms with Gasteiger partial charge in [0.1, 0.15) is 0 Å². The van der Waals surface area contributed by atoms with E-state index in [2.05, 4.69) is 20.9 Å². The van der Waals surface area contributed by atoms with E-state index in [1.807, 2.05) is 34.9 Å². The van der Waals surface area contributed by atoms with Crippen LogP contribution in [0.4, 0.5) is 0 Å². The van der Waals surface area contributed by atoms with Gasteiger partial charge in [0.2, 0.25) is 11.8 Å². The van der Waals surface area contributed by atoms with Crippen LogP contribution in [0.25, 0.3) is 0 Å². The van der Waals surface area contributed by atoms with Gasteiger partial charge in [-0.15, -0.1) is 24.0 Å². The molecule has 0 radical (unpaired) electrons. The molecule has 7 nitrogen and oxygen atoms in total. The second kappa shape index (κ2) is 10.9. The van der Waals surface area contributed by atoms with Gasteiger partial charge < -0.3 is 20.9 Å². The van der Waals surface area contributed by atoms with Crippen molar-refractivity contribution in [2.24, 2.45) is 15.8 Å². The zero-order valence-electron chi connectivity index (χ0n) is 17.1. The average Bonchev–Trinajstić information content (AvgIpc) is 3.04. The summed E-state index contributed by atoms with van der Waals surface area (Å²) in [6, 6.07) is 0. The van der Waals surface area contributed by atoms with Crippen LogP contribution in [0.15, 0.2) is 4.99 Å². The van der Waals surface area contributed by atoms with E-state index < -0.39 is 5.41 Å². The molecule has 2 amide bonds. The number of carbonyl (C=O) groups excluding carboxylic acids is 2. The number of amides is 2. The molecule has 0 aromatic heterocycles. The van der Waals surface area contributed by atoms with Crippen molar-refractivity contribution in [3.8, 4) is 0 Å². The highest BCUT2D eigenvalue weighted by Gasteiger charge is 2.42. The summed E-state index contributed by atoms with van der Waals surface area (Å²) in [6.07, 6.45) is 3.96. The minimum Gasteiger partial charge on any atom is -0.356 e. The molecule has 0 spiro atoms. The molecule has 0 saturated heterocycles. The molecule has 26 heavy (non-hydrogen) atoms. The van der Waals surface area contributed by atoms with Gasteiger partial charge in [-0.05, 0) is 33.6 Å². The van der Waals surface area contributed by atoms with Crippen LogP contribution in [-0.4, -0.2) is 63.5 Å². The van der Waals surface area contributed by atoms with Gasteiger partial charge in [-0.25, -0.2) is 0 Å². The lowest BCUT2D eigenvalue weighted by atomic mass is 9.84. The summed E-state index contributed by atoms with van der Waals surface area (Å²) in [4.78, 5) is 30.6. The molecule has 0 unspecified atom stereocenters. The van der Waals surface area contributed by atoms with Crippen LogP contribution in [0.3, 0.4) is 0 Å². The van der Waals surface area contributed by atoms with Crippen LogP contribution >= 0.6 is 24.0 Å². The third-order valence-electron chi connectivity index (χ3n) is 4.89. The summed E-state index contributed by atoms with van der Waals surface area (Å²) < 4.78 is 0. The summed E-state index contributed by atoms with van der Waals surface area (Å²) in [7, 11) is 5.32. The van der Waals surface area contributed by atoms with Crippen molar-refractivity contribution in [3.63, 3.8) is 0 Å². The van der Waals surface area contributed by atoms with E-state index in [1.54, 1.807) is 11.9 Å². The third-order valence-corrected chi connectivity index (χ3v) is 4.89. The number of nitrogens with zero attached hydrogens (tertiary/aromatic N) is 2. The van der Waals surface area contributed by atoms with Gasteiger partial charge in [-0.1, -0.05) is 12.8 Å². The Morgan fingerprint density at radius 3 is 2.15 bits per heavy atom. The number of rotatable bonds is 7. The molecule has 0 atom stereocenters. The van der Waals surface area contributed by atoms with Gasteiger partial charge in [0, 0.05) is 40.8 Å². The maximum Gasteiger partial charge on any atom is 0.230 e. The van der Waals surface area contributed by atoms with Crippen LogP contribution in [0.5, 0.6) is 0 Å². The molecule has 1 aliphatic carbocycles. The lowest BCUT2D eigenvalue weighted by Crippen LogP contribution is -2.51. The first-order chi connectivity index (χ1) is 11.7. The molecule has 152 valence electrons. The van der Waals surface area contributed by atoms with Crippen LogP contribution < -0.4 is 16.0 Å². The predicted octanol–water partition coefficient (Wildman–Crippen LogP) is 1.58. The van der Waals surface area contributed by atoms with Crippen LogP contribution in [0.1, 0.15) is 46.5 Å². The first-order valence-electron chi connectivity index (χ1n) is 9.13. The number of hydrogen-bond acceptors (Lipinski definition) is 3. The maximum absolute atomic E-state index is 12.6. The summed E-state index contributed by atoms with van der Waals surface area (Å²) in [6.45, 7) is 7.34. The standard InChI is InChI=1S/C18H35N5O2.HI/c1-7-20-14(24)17(2,3)12-21-16(19-4)22-13-18(10-8-9-11-18)15(25)23(5)6;/h7-13H2,1-6H3,(H,20,24)(H2,19,21,22);1H. The first-order valence-corrected chi connectivity index (χ1v) is 9.13. The van der Waals surface area contributed by atoms with Crippen molar-refractivity contribution in [1.29, 1.82) is 0 Å². The highest BCUT2D eigenvalue weighted by molar-refractivity contribution is 14.0. The molecule has 3 N–H and O–H groups in total. The second-order valence-corrected chi connectivity index (χ2v) is 7.71. The van der Waals surface area contributed by atoms with Gasteiger partial charge in [-0.3, -0.25) is 14.6 Å². The zero-order chi connectivity index (χ0) is 19.1. The summed E-state index contributed by atoms with van der Waals surface area (Å²) in [5, 5.41) is 9.35. The van der Waals surface area contributed by atoms with Crippen molar-refractivity contribution in [2.45, 2.75) is 46.5 Å². The van der Waals surface area contributed by atoms with Gasteiger partial charge >= 0.3 is 0 Å². The van der Waals surface area contributed by atoms with Crippen molar-refractivity contribution in [2.75, 3.05) is 40.8 Å². The van der Waals surface area contributed by atoms with Crippen molar-refractivity contribution in [3.05, 3.63) is 0 Å². The molecular weight excluding hydrogens is 445 g/mol. The Balaban J connectivity index is 0.00000625. The quantitative estimate of drug-likeness (QED) is 0.293. The highest BCUT2D eigenvalue weighted by Crippen LogP contribution is 2.38. The molecule has 1 rings (SSSR count). The van der Waals surface area contributed by atoms with Gasteiger partial charge in [0.15, 0.2) is 5.96 Å². The number of halogens is 1. The van der Waals surface area contributed by atoms with Gasteiger partial charge in [-0.2, -0.15) is 0 Å². The SMILES string of the molecule is CCNC(=O)C(C)(C)CNC(=NC)NCC1(C(=O)N(C)C)CCCC1.I. The smallest absolute Gasteiger partial charge is 0.230 e. The largest absolute Gasteiger partial charge is 0.356 e. The first kappa shape index (κ1) is 24.9. The van der Waals surface area contributed by atoms with Crippen LogP contribution in [0.2, 0.25) is 0 Å². The molecule has 0 aliphatic heterocycles. The second-order valence-electron chi connectivity index (χ2n) is 7.71. The molecular formula is C18H36IN5O2. The minimum absolute atomic E-state index is 0. The van der Waals surface area contributed by atoms with E-state index in [9.17, 15) is 9.59 Å². The van der Waals surface area contributed by atoms with E-state index in [0.29, 0.717) is 25.6 Å². The molecule has 0 heterocycles. The predicted molar refractivity (Wildman–Crippen MR) is 117 cm³/mol. The normalized spacial score (nSPS) is 16.5. The van der Waals surface area contributed by atoms with E-state index >= 15 is 0 Å². The Morgan fingerprint density at radius 1 is 1.12 bits per heavy atom. The monoisotopic (exact) mass is 481 g/mol. The molecule has 1 fully saturated rings. The molecule has 1 saturated carbocycles. The Morgan fingerprint density at radius 2 is 1.69 bits per heavy atom.